The third kappa shape index (κ3) is 1.01. The first-order chi connectivity index (χ1) is 5.79. The second-order valence-corrected chi connectivity index (χ2v) is 3.13. The van der Waals surface area contributed by atoms with Crippen LogP contribution in [0.15, 0.2) is 47.7 Å². The number of fused-ring (bicyclic) bond motifs is 1. The first kappa shape index (κ1) is 7.37. The smallest absolute Gasteiger partial charge is 0.0422 e. The van der Waals surface area contributed by atoms with Crippen molar-refractivity contribution >= 4 is 0 Å². The maximum absolute atomic E-state index is 5.90. The van der Waals surface area contributed by atoms with Crippen molar-refractivity contribution in [3.8, 4) is 0 Å². The lowest BCUT2D eigenvalue weighted by Gasteiger charge is -2.27. The summed E-state index contributed by atoms with van der Waals surface area (Å²) < 4.78 is 0. The normalized spacial score (nSPS) is 32.4. The van der Waals surface area contributed by atoms with Crippen LogP contribution in [0.25, 0.3) is 0 Å². The Labute approximate surface area is 71.9 Å². The van der Waals surface area contributed by atoms with Gasteiger partial charge in [0.2, 0.25) is 0 Å². The van der Waals surface area contributed by atoms with Gasteiger partial charge in [-0.15, -0.1) is 0 Å². The minimum absolute atomic E-state index is 0.0335. The van der Waals surface area contributed by atoms with E-state index < -0.39 is 0 Å². The Balaban J connectivity index is 2.40. The highest BCUT2D eigenvalue weighted by Gasteiger charge is 2.24. The van der Waals surface area contributed by atoms with Crippen molar-refractivity contribution in [2.45, 2.75) is 6.04 Å². The molecular weight excluding hydrogens is 148 g/mol. The van der Waals surface area contributed by atoms with Gasteiger partial charge in [-0.2, -0.15) is 0 Å². The van der Waals surface area contributed by atoms with E-state index in [1.165, 1.54) is 5.57 Å². The zero-order valence-corrected chi connectivity index (χ0v) is 6.77. The van der Waals surface area contributed by atoms with E-state index in [9.17, 15) is 0 Å². The third-order valence-corrected chi connectivity index (χ3v) is 2.30. The maximum atomic E-state index is 5.90. The topological polar surface area (TPSA) is 52.0 Å². The SMILES string of the molecule is NC1=CC=CC2=CC=CC(N)C12. The van der Waals surface area contributed by atoms with Gasteiger partial charge in [-0.3, -0.25) is 0 Å². The quantitative estimate of drug-likeness (QED) is 0.551. The first-order valence-corrected chi connectivity index (χ1v) is 4.07. The molecule has 0 saturated heterocycles. The summed E-state index contributed by atoms with van der Waals surface area (Å²) >= 11 is 0. The van der Waals surface area contributed by atoms with Gasteiger partial charge in [-0.05, 0) is 11.6 Å². The Hall–Kier alpha value is -1.28. The van der Waals surface area contributed by atoms with Crippen molar-refractivity contribution in [2.75, 3.05) is 0 Å². The molecule has 0 radical (unpaired) electrons. The monoisotopic (exact) mass is 160 g/mol. The standard InChI is InChI=1S/C10H12N2/c11-8-5-1-3-7-4-2-6-9(12)10(7)8/h1-6,8,10H,11-12H2. The highest BCUT2D eigenvalue weighted by atomic mass is 14.7. The van der Waals surface area contributed by atoms with Crippen LogP contribution in [0.2, 0.25) is 0 Å². The van der Waals surface area contributed by atoms with E-state index in [4.69, 9.17) is 11.5 Å². The van der Waals surface area contributed by atoms with Crippen LogP contribution in [0.1, 0.15) is 0 Å². The number of allylic oxidation sites excluding steroid dienone is 5. The van der Waals surface area contributed by atoms with Gasteiger partial charge in [0.15, 0.2) is 0 Å². The van der Waals surface area contributed by atoms with Crippen LogP contribution >= 0.6 is 0 Å². The Morgan fingerprint density at radius 1 is 1.17 bits per heavy atom. The number of rotatable bonds is 0. The van der Waals surface area contributed by atoms with Crippen molar-refractivity contribution in [1.82, 2.24) is 0 Å². The zero-order valence-electron chi connectivity index (χ0n) is 6.77. The lowest BCUT2D eigenvalue weighted by atomic mass is 9.82. The fourth-order valence-electron chi connectivity index (χ4n) is 1.68. The second-order valence-electron chi connectivity index (χ2n) is 3.13. The highest BCUT2D eigenvalue weighted by Crippen LogP contribution is 2.28. The maximum Gasteiger partial charge on any atom is 0.0422 e. The van der Waals surface area contributed by atoms with Crippen molar-refractivity contribution in [3.05, 3.63) is 47.7 Å². The summed E-state index contributed by atoms with van der Waals surface area (Å²) in [5.41, 5.74) is 13.8. The van der Waals surface area contributed by atoms with Gasteiger partial charge in [-0.25, -0.2) is 0 Å². The summed E-state index contributed by atoms with van der Waals surface area (Å²) in [7, 11) is 0. The summed E-state index contributed by atoms with van der Waals surface area (Å²) in [6.07, 6.45) is 12.0. The van der Waals surface area contributed by atoms with Gasteiger partial charge in [0.25, 0.3) is 0 Å². The number of nitrogens with two attached hydrogens (primary N) is 2. The molecule has 0 aromatic carbocycles. The van der Waals surface area contributed by atoms with Gasteiger partial charge in [0.1, 0.15) is 0 Å². The average molecular weight is 160 g/mol. The molecule has 2 aliphatic carbocycles. The minimum Gasteiger partial charge on any atom is -0.401 e. The fourth-order valence-corrected chi connectivity index (χ4v) is 1.68. The van der Waals surface area contributed by atoms with Crippen LogP contribution in [0.4, 0.5) is 0 Å². The molecule has 0 bridgehead atoms. The Kier molecular flexibility index (Phi) is 1.62. The Bertz CT molecular complexity index is 308. The van der Waals surface area contributed by atoms with E-state index in [0.29, 0.717) is 0 Å². The van der Waals surface area contributed by atoms with Crippen molar-refractivity contribution < 1.29 is 0 Å². The van der Waals surface area contributed by atoms with Crippen LogP contribution < -0.4 is 11.5 Å². The summed E-state index contributed by atoms with van der Waals surface area (Å²) in [6, 6.07) is 0.0335. The molecule has 0 amide bonds. The van der Waals surface area contributed by atoms with Gasteiger partial charge in [0, 0.05) is 17.7 Å². The molecule has 12 heavy (non-hydrogen) atoms. The van der Waals surface area contributed by atoms with E-state index in [-0.39, 0.29) is 12.0 Å². The van der Waals surface area contributed by atoms with Gasteiger partial charge in [-0.1, -0.05) is 30.4 Å². The predicted octanol–water partition coefficient (Wildman–Crippen LogP) is 0.839. The molecule has 2 nitrogen and oxygen atoms in total. The predicted molar refractivity (Wildman–Crippen MR) is 50.1 cm³/mol. The molecule has 62 valence electrons. The van der Waals surface area contributed by atoms with E-state index >= 15 is 0 Å². The van der Waals surface area contributed by atoms with Crippen LogP contribution in [0.5, 0.6) is 0 Å². The molecule has 2 rings (SSSR count). The van der Waals surface area contributed by atoms with Crippen molar-refractivity contribution in [3.63, 3.8) is 0 Å². The molecule has 2 unspecified atom stereocenters. The van der Waals surface area contributed by atoms with Gasteiger partial charge < -0.3 is 11.5 Å². The summed E-state index contributed by atoms with van der Waals surface area (Å²) in [5, 5.41) is 0. The molecular formula is C10H12N2. The van der Waals surface area contributed by atoms with Crippen molar-refractivity contribution in [1.29, 1.82) is 0 Å². The number of hydrogen-bond donors (Lipinski definition) is 2. The molecule has 0 aromatic heterocycles. The Morgan fingerprint density at radius 3 is 2.75 bits per heavy atom. The first-order valence-electron chi connectivity index (χ1n) is 4.07. The van der Waals surface area contributed by atoms with Gasteiger partial charge in [0.05, 0.1) is 0 Å². The molecule has 2 aliphatic rings. The van der Waals surface area contributed by atoms with E-state index in [2.05, 4.69) is 12.2 Å². The van der Waals surface area contributed by atoms with Crippen LogP contribution in [-0.2, 0) is 0 Å². The molecule has 0 fully saturated rings. The lowest BCUT2D eigenvalue weighted by molar-refractivity contribution is 0.617. The van der Waals surface area contributed by atoms with Crippen LogP contribution in [0.3, 0.4) is 0 Å². The van der Waals surface area contributed by atoms with E-state index in [1.807, 2.05) is 24.3 Å². The molecule has 0 heterocycles. The highest BCUT2D eigenvalue weighted by molar-refractivity contribution is 5.43. The van der Waals surface area contributed by atoms with Crippen LogP contribution in [0, 0.1) is 5.92 Å². The molecule has 0 aromatic rings. The van der Waals surface area contributed by atoms with E-state index in [1.54, 1.807) is 0 Å². The summed E-state index contributed by atoms with van der Waals surface area (Å²) in [5.74, 6) is 0.194. The largest absolute Gasteiger partial charge is 0.401 e. The Morgan fingerprint density at radius 2 is 2.00 bits per heavy atom. The average Bonchev–Trinajstić information content (AvgIpc) is 2.04. The molecule has 2 atom stereocenters. The second kappa shape index (κ2) is 2.64. The third-order valence-electron chi connectivity index (χ3n) is 2.30. The molecule has 0 saturated carbocycles. The van der Waals surface area contributed by atoms with Gasteiger partial charge >= 0.3 is 0 Å². The van der Waals surface area contributed by atoms with Crippen molar-refractivity contribution in [2.24, 2.45) is 17.4 Å². The van der Waals surface area contributed by atoms with Crippen LogP contribution in [-0.4, -0.2) is 6.04 Å². The summed E-state index contributed by atoms with van der Waals surface area (Å²) in [6.45, 7) is 0. The molecule has 0 spiro atoms. The summed E-state index contributed by atoms with van der Waals surface area (Å²) in [4.78, 5) is 0. The zero-order chi connectivity index (χ0) is 8.55. The molecule has 4 N–H and O–H groups in total. The minimum atomic E-state index is 0.0335. The lowest BCUT2D eigenvalue weighted by Crippen LogP contribution is -2.35. The molecule has 2 heteroatoms. The number of hydrogen-bond acceptors (Lipinski definition) is 2. The van der Waals surface area contributed by atoms with E-state index in [0.717, 1.165) is 5.70 Å². The fraction of sp³-hybridized carbons (Fsp3) is 0.200. The molecule has 0 aliphatic heterocycles.